The smallest absolute Gasteiger partial charge is 0.320 e. The van der Waals surface area contributed by atoms with Crippen LogP contribution in [0.15, 0.2) is 0 Å². The SMILES string of the molecule is O=C(O)[C@@H]1CC(c2nnn[nH]2)CCN1. The van der Waals surface area contributed by atoms with E-state index in [9.17, 15) is 4.79 Å². The second kappa shape index (κ2) is 3.70. The zero-order valence-corrected chi connectivity index (χ0v) is 7.47. The highest BCUT2D eigenvalue weighted by Gasteiger charge is 2.29. The van der Waals surface area contributed by atoms with Crippen molar-refractivity contribution in [2.75, 3.05) is 6.54 Å². The van der Waals surface area contributed by atoms with E-state index in [1.54, 1.807) is 0 Å². The van der Waals surface area contributed by atoms with E-state index in [0.717, 1.165) is 6.42 Å². The molecule has 2 heterocycles. The molecule has 14 heavy (non-hydrogen) atoms. The Hall–Kier alpha value is -1.50. The monoisotopic (exact) mass is 197 g/mol. The molecule has 76 valence electrons. The summed E-state index contributed by atoms with van der Waals surface area (Å²) in [5.74, 6) is -0.0210. The summed E-state index contributed by atoms with van der Waals surface area (Å²) in [6.45, 7) is 0.683. The average Bonchev–Trinajstić information content (AvgIpc) is 2.71. The third-order valence-electron chi connectivity index (χ3n) is 2.45. The third-order valence-corrected chi connectivity index (χ3v) is 2.45. The number of carbonyl (C=O) groups is 1. The van der Waals surface area contributed by atoms with Crippen molar-refractivity contribution in [1.29, 1.82) is 0 Å². The zero-order valence-electron chi connectivity index (χ0n) is 7.47. The van der Waals surface area contributed by atoms with Gasteiger partial charge in [0.25, 0.3) is 0 Å². The molecule has 0 aromatic carbocycles. The van der Waals surface area contributed by atoms with Crippen LogP contribution >= 0.6 is 0 Å². The van der Waals surface area contributed by atoms with Gasteiger partial charge in [-0.2, -0.15) is 0 Å². The number of carboxylic acids is 1. The highest BCUT2D eigenvalue weighted by atomic mass is 16.4. The first-order valence-electron chi connectivity index (χ1n) is 4.47. The summed E-state index contributed by atoms with van der Waals surface area (Å²) in [5, 5.41) is 25.2. The number of H-pyrrole nitrogens is 1. The quantitative estimate of drug-likeness (QED) is 0.568. The van der Waals surface area contributed by atoms with Crippen molar-refractivity contribution in [3.63, 3.8) is 0 Å². The van der Waals surface area contributed by atoms with Gasteiger partial charge in [0.1, 0.15) is 6.04 Å². The Morgan fingerprint density at radius 3 is 3.07 bits per heavy atom. The lowest BCUT2D eigenvalue weighted by molar-refractivity contribution is -0.140. The summed E-state index contributed by atoms with van der Waals surface area (Å²) in [6, 6.07) is -0.487. The van der Waals surface area contributed by atoms with Crippen LogP contribution < -0.4 is 5.32 Å². The molecule has 0 aliphatic carbocycles. The molecule has 1 unspecified atom stereocenters. The van der Waals surface area contributed by atoms with E-state index in [4.69, 9.17) is 5.11 Å². The second-order valence-corrected chi connectivity index (χ2v) is 3.35. The van der Waals surface area contributed by atoms with E-state index in [1.165, 1.54) is 0 Å². The van der Waals surface area contributed by atoms with Crippen LogP contribution in [-0.4, -0.2) is 44.3 Å². The molecule has 2 atom stereocenters. The molecule has 0 spiro atoms. The van der Waals surface area contributed by atoms with Gasteiger partial charge in [-0.1, -0.05) is 0 Å². The first kappa shape index (κ1) is 9.07. The molecule has 0 bridgehead atoms. The van der Waals surface area contributed by atoms with Crippen molar-refractivity contribution in [3.05, 3.63) is 5.82 Å². The van der Waals surface area contributed by atoms with Gasteiger partial charge >= 0.3 is 5.97 Å². The van der Waals surface area contributed by atoms with Crippen LogP contribution in [-0.2, 0) is 4.79 Å². The number of hydrogen-bond acceptors (Lipinski definition) is 5. The van der Waals surface area contributed by atoms with E-state index in [-0.39, 0.29) is 5.92 Å². The standard InChI is InChI=1S/C7H11N5O2/c13-7(14)5-3-4(1-2-8-5)6-9-11-12-10-6/h4-5,8H,1-3H2,(H,13,14)(H,9,10,11,12)/t4?,5-/m0/s1. The summed E-state index contributed by atoms with van der Waals surface area (Å²) in [6.07, 6.45) is 1.40. The average molecular weight is 197 g/mol. The summed E-state index contributed by atoms with van der Waals surface area (Å²) < 4.78 is 0. The molecule has 1 aromatic rings. The molecule has 1 aromatic heterocycles. The number of aromatic nitrogens is 4. The summed E-state index contributed by atoms with van der Waals surface area (Å²) in [4.78, 5) is 10.7. The molecule has 0 amide bonds. The fourth-order valence-electron chi connectivity index (χ4n) is 1.69. The summed E-state index contributed by atoms with van der Waals surface area (Å²) in [7, 11) is 0. The zero-order chi connectivity index (χ0) is 9.97. The van der Waals surface area contributed by atoms with Crippen LogP contribution in [0.2, 0.25) is 0 Å². The van der Waals surface area contributed by atoms with Gasteiger partial charge in [0.2, 0.25) is 0 Å². The number of piperidine rings is 1. The third kappa shape index (κ3) is 1.72. The number of hydrogen-bond donors (Lipinski definition) is 3. The van der Waals surface area contributed by atoms with E-state index >= 15 is 0 Å². The molecular weight excluding hydrogens is 186 g/mol. The van der Waals surface area contributed by atoms with E-state index < -0.39 is 12.0 Å². The molecule has 1 aliphatic heterocycles. The Bertz CT molecular complexity index is 312. The molecule has 7 heteroatoms. The number of rotatable bonds is 2. The first-order chi connectivity index (χ1) is 6.77. The van der Waals surface area contributed by atoms with Gasteiger partial charge in [0.05, 0.1) is 0 Å². The van der Waals surface area contributed by atoms with E-state index in [1.807, 2.05) is 0 Å². The molecule has 0 radical (unpaired) electrons. The molecule has 1 aliphatic rings. The lowest BCUT2D eigenvalue weighted by Gasteiger charge is -2.25. The number of tetrazole rings is 1. The minimum Gasteiger partial charge on any atom is -0.480 e. The van der Waals surface area contributed by atoms with E-state index in [0.29, 0.717) is 18.8 Å². The van der Waals surface area contributed by atoms with Crippen molar-refractivity contribution in [2.45, 2.75) is 24.8 Å². The van der Waals surface area contributed by atoms with Crippen LogP contribution in [0.3, 0.4) is 0 Å². The number of carboxylic acid groups (broad SMARTS) is 1. The van der Waals surface area contributed by atoms with Crippen molar-refractivity contribution in [3.8, 4) is 0 Å². The fraction of sp³-hybridized carbons (Fsp3) is 0.714. The Labute approximate surface area is 79.9 Å². The number of nitrogens with one attached hydrogen (secondary N) is 2. The predicted molar refractivity (Wildman–Crippen MR) is 45.6 cm³/mol. The maximum Gasteiger partial charge on any atom is 0.320 e. The normalized spacial score (nSPS) is 27.4. The number of aliphatic carboxylic acids is 1. The Morgan fingerprint density at radius 2 is 2.43 bits per heavy atom. The van der Waals surface area contributed by atoms with E-state index in [2.05, 4.69) is 25.9 Å². The highest BCUT2D eigenvalue weighted by Crippen LogP contribution is 2.24. The van der Waals surface area contributed by atoms with Gasteiger partial charge in [-0.15, -0.1) is 5.10 Å². The highest BCUT2D eigenvalue weighted by molar-refractivity contribution is 5.73. The summed E-state index contributed by atoms with van der Waals surface area (Å²) in [5.41, 5.74) is 0. The van der Waals surface area contributed by atoms with Crippen molar-refractivity contribution in [2.24, 2.45) is 0 Å². The molecule has 7 nitrogen and oxygen atoms in total. The molecule has 3 N–H and O–H groups in total. The maximum absolute atomic E-state index is 10.7. The van der Waals surface area contributed by atoms with Crippen LogP contribution in [0.5, 0.6) is 0 Å². The lowest BCUT2D eigenvalue weighted by atomic mass is 9.92. The van der Waals surface area contributed by atoms with Crippen LogP contribution in [0.4, 0.5) is 0 Å². The Kier molecular flexibility index (Phi) is 2.40. The first-order valence-corrected chi connectivity index (χ1v) is 4.47. The molecule has 0 saturated carbocycles. The maximum atomic E-state index is 10.7. The van der Waals surface area contributed by atoms with Crippen LogP contribution in [0.1, 0.15) is 24.6 Å². The lowest BCUT2D eigenvalue weighted by Crippen LogP contribution is -2.43. The molecular formula is C7H11N5O2. The Morgan fingerprint density at radius 1 is 1.57 bits per heavy atom. The van der Waals surface area contributed by atoms with Gasteiger partial charge < -0.3 is 10.4 Å². The van der Waals surface area contributed by atoms with Gasteiger partial charge in [-0.3, -0.25) is 4.79 Å². The largest absolute Gasteiger partial charge is 0.480 e. The topological polar surface area (TPSA) is 104 Å². The van der Waals surface area contributed by atoms with Gasteiger partial charge in [0, 0.05) is 5.92 Å². The van der Waals surface area contributed by atoms with Crippen molar-refractivity contribution < 1.29 is 9.90 Å². The van der Waals surface area contributed by atoms with Gasteiger partial charge in [0.15, 0.2) is 5.82 Å². The number of aromatic amines is 1. The van der Waals surface area contributed by atoms with Crippen molar-refractivity contribution >= 4 is 5.97 Å². The summed E-state index contributed by atoms with van der Waals surface area (Å²) >= 11 is 0. The predicted octanol–water partition coefficient (Wildman–Crippen LogP) is -0.880. The molecule has 1 fully saturated rings. The minimum absolute atomic E-state index is 0.118. The van der Waals surface area contributed by atoms with Crippen molar-refractivity contribution in [1.82, 2.24) is 25.9 Å². The Balaban J connectivity index is 2.04. The van der Waals surface area contributed by atoms with Gasteiger partial charge in [-0.25, -0.2) is 5.10 Å². The molecule has 1 saturated heterocycles. The van der Waals surface area contributed by atoms with Crippen LogP contribution in [0, 0.1) is 0 Å². The number of nitrogens with zero attached hydrogens (tertiary/aromatic N) is 3. The fourth-order valence-corrected chi connectivity index (χ4v) is 1.69. The van der Waals surface area contributed by atoms with Gasteiger partial charge in [-0.05, 0) is 29.8 Å². The molecule has 2 rings (SSSR count). The second-order valence-electron chi connectivity index (χ2n) is 3.35. The van der Waals surface area contributed by atoms with Crippen LogP contribution in [0.25, 0.3) is 0 Å². The minimum atomic E-state index is -0.817.